The minimum absolute atomic E-state index is 0.00276. The van der Waals surface area contributed by atoms with Crippen molar-refractivity contribution in [2.24, 2.45) is 5.92 Å². The number of anilines is 1. The molecule has 0 aliphatic rings. The highest BCUT2D eigenvalue weighted by Crippen LogP contribution is 2.17. The van der Waals surface area contributed by atoms with Gasteiger partial charge in [0.05, 0.1) is 6.61 Å². The van der Waals surface area contributed by atoms with Crippen LogP contribution in [0.15, 0.2) is 24.3 Å². The van der Waals surface area contributed by atoms with Gasteiger partial charge in [-0.2, -0.15) is 0 Å². The first-order valence-electron chi connectivity index (χ1n) is 6.75. The number of carbonyl (C=O) groups is 2. The summed E-state index contributed by atoms with van der Waals surface area (Å²) in [6.07, 6.45) is 1.14. The third kappa shape index (κ3) is 6.22. The van der Waals surface area contributed by atoms with Crippen LogP contribution < -0.4 is 10.1 Å². The highest BCUT2D eigenvalue weighted by Gasteiger charge is 2.12. The number of benzene rings is 1. The predicted molar refractivity (Wildman–Crippen MR) is 76.9 cm³/mol. The van der Waals surface area contributed by atoms with Gasteiger partial charge in [0.2, 0.25) is 5.91 Å². The van der Waals surface area contributed by atoms with Gasteiger partial charge >= 0.3 is 5.97 Å². The van der Waals surface area contributed by atoms with E-state index in [2.05, 4.69) is 5.32 Å². The Morgan fingerprint density at radius 2 is 1.90 bits per heavy atom. The molecule has 0 unspecified atom stereocenters. The molecule has 0 aliphatic carbocycles. The average Bonchev–Trinajstić information content (AvgIpc) is 2.36. The predicted octanol–water partition coefficient (Wildman–Crippen LogP) is 2.91. The molecule has 0 heterocycles. The van der Waals surface area contributed by atoms with E-state index < -0.39 is 5.97 Å². The fraction of sp³-hybridized carbons (Fsp3) is 0.467. The topological polar surface area (TPSA) is 75.6 Å². The molecule has 5 nitrogen and oxygen atoms in total. The molecule has 0 saturated carbocycles. The van der Waals surface area contributed by atoms with Crippen molar-refractivity contribution in [3.05, 3.63) is 24.3 Å². The third-order valence-corrected chi connectivity index (χ3v) is 2.67. The first-order valence-corrected chi connectivity index (χ1v) is 6.75. The number of carboxylic acids is 1. The second-order valence-corrected chi connectivity index (χ2v) is 4.83. The lowest BCUT2D eigenvalue weighted by molar-refractivity contribution is -0.138. The Morgan fingerprint density at radius 1 is 1.25 bits per heavy atom. The van der Waals surface area contributed by atoms with E-state index in [4.69, 9.17) is 9.84 Å². The number of aliphatic carboxylic acids is 1. The van der Waals surface area contributed by atoms with Gasteiger partial charge in [-0.3, -0.25) is 9.59 Å². The van der Waals surface area contributed by atoms with Crippen molar-refractivity contribution in [1.82, 2.24) is 0 Å². The maximum absolute atomic E-state index is 11.7. The van der Waals surface area contributed by atoms with Crippen molar-refractivity contribution in [3.63, 3.8) is 0 Å². The van der Waals surface area contributed by atoms with Gasteiger partial charge in [0.1, 0.15) is 5.75 Å². The fourth-order valence-corrected chi connectivity index (χ4v) is 1.75. The van der Waals surface area contributed by atoms with E-state index in [-0.39, 0.29) is 24.7 Å². The molecular formula is C15H21NO4. The first kappa shape index (κ1) is 16.0. The number of rotatable bonds is 8. The van der Waals surface area contributed by atoms with Crippen molar-refractivity contribution < 1.29 is 19.4 Å². The van der Waals surface area contributed by atoms with Crippen LogP contribution >= 0.6 is 0 Å². The third-order valence-electron chi connectivity index (χ3n) is 2.67. The average molecular weight is 279 g/mol. The molecule has 0 aromatic heterocycles. The van der Waals surface area contributed by atoms with Crippen LogP contribution in [0.25, 0.3) is 0 Å². The largest absolute Gasteiger partial charge is 0.494 e. The van der Waals surface area contributed by atoms with Crippen LogP contribution in [0.4, 0.5) is 5.69 Å². The maximum Gasteiger partial charge on any atom is 0.303 e. The van der Waals surface area contributed by atoms with Gasteiger partial charge in [0, 0.05) is 18.5 Å². The zero-order valence-electron chi connectivity index (χ0n) is 11.9. The van der Waals surface area contributed by atoms with E-state index in [0.29, 0.717) is 12.3 Å². The Morgan fingerprint density at radius 3 is 2.45 bits per heavy atom. The van der Waals surface area contributed by atoms with Crippen LogP contribution in [0.2, 0.25) is 0 Å². The van der Waals surface area contributed by atoms with Gasteiger partial charge in [-0.05, 0) is 36.6 Å². The Labute approximate surface area is 118 Å². The molecule has 1 atom stereocenters. The highest BCUT2D eigenvalue weighted by molar-refractivity contribution is 5.91. The van der Waals surface area contributed by atoms with E-state index in [0.717, 1.165) is 12.2 Å². The minimum atomic E-state index is -0.886. The zero-order chi connectivity index (χ0) is 15.0. The molecule has 0 bridgehead atoms. The van der Waals surface area contributed by atoms with Crippen molar-refractivity contribution in [1.29, 1.82) is 0 Å². The molecule has 0 fully saturated rings. The SMILES string of the molecule is CCCOc1ccc(NC(=O)C[C@H](C)CC(=O)O)cc1. The summed E-state index contributed by atoms with van der Waals surface area (Å²) in [6, 6.07) is 7.13. The van der Waals surface area contributed by atoms with E-state index in [9.17, 15) is 9.59 Å². The van der Waals surface area contributed by atoms with Gasteiger partial charge in [-0.25, -0.2) is 0 Å². The number of hydrogen-bond acceptors (Lipinski definition) is 3. The van der Waals surface area contributed by atoms with Gasteiger partial charge < -0.3 is 15.2 Å². The zero-order valence-corrected chi connectivity index (χ0v) is 11.9. The van der Waals surface area contributed by atoms with Crippen molar-refractivity contribution >= 4 is 17.6 Å². The minimum Gasteiger partial charge on any atom is -0.494 e. The molecule has 20 heavy (non-hydrogen) atoms. The molecule has 0 spiro atoms. The van der Waals surface area contributed by atoms with Crippen LogP contribution in [0, 0.1) is 5.92 Å². The number of amides is 1. The van der Waals surface area contributed by atoms with E-state index >= 15 is 0 Å². The lowest BCUT2D eigenvalue weighted by Gasteiger charge is -2.10. The normalized spacial score (nSPS) is 11.7. The molecule has 1 aromatic carbocycles. The summed E-state index contributed by atoms with van der Waals surface area (Å²) in [5.41, 5.74) is 0.682. The molecule has 1 amide bonds. The van der Waals surface area contributed by atoms with Crippen LogP contribution in [0.5, 0.6) is 5.75 Å². The smallest absolute Gasteiger partial charge is 0.303 e. The van der Waals surface area contributed by atoms with E-state index in [1.807, 2.05) is 6.92 Å². The Kier molecular flexibility index (Phi) is 6.56. The lowest BCUT2D eigenvalue weighted by atomic mass is 10.0. The van der Waals surface area contributed by atoms with E-state index in [1.54, 1.807) is 31.2 Å². The fourth-order valence-electron chi connectivity index (χ4n) is 1.75. The number of ether oxygens (including phenoxy) is 1. The molecule has 5 heteroatoms. The Hall–Kier alpha value is -2.04. The Balaban J connectivity index is 2.43. The summed E-state index contributed by atoms with van der Waals surface area (Å²) in [7, 11) is 0. The molecule has 0 aliphatic heterocycles. The summed E-state index contributed by atoms with van der Waals surface area (Å²) in [4.78, 5) is 22.3. The summed E-state index contributed by atoms with van der Waals surface area (Å²) >= 11 is 0. The quantitative estimate of drug-likeness (QED) is 0.767. The second-order valence-electron chi connectivity index (χ2n) is 4.83. The summed E-state index contributed by atoms with van der Waals surface area (Å²) in [6.45, 7) is 4.45. The molecule has 1 aromatic rings. The van der Waals surface area contributed by atoms with Crippen LogP contribution in [0.1, 0.15) is 33.1 Å². The molecule has 1 rings (SSSR count). The highest BCUT2D eigenvalue weighted by atomic mass is 16.5. The summed E-state index contributed by atoms with van der Waals surface area (Å²) < 4.78 is 5.45. The van der Waals surface area contributed by atoms with Crippen LogP contribution in [-0.4, -0.2) is 23.6 Å². The number of carbonyl (C=O) groups excluding carboxylic acids is 1. The van der Waals surface area contributed by atoms with Crippen molar-refractivity contribution in [2.75, 3.05) is 11.9 Å². The summed E-state index contributed by atoms with van der Waals surface area (Å²) in [5, 5.41) is 11.4. The molecular weight excluding hydrogens is 258 g/mol. The second kappa shape index (κ2) is 8.19. The molecule has 0 radical (unpaired) electrons. The van der Waals surface area contributed by atoms with Gasteiger partial charge in [0.15, 0.2) is 0 Å². The van der Waals surface area contributed by atoms with Crippen molar-refractivity contribution in [2.45, 2.75) is 33.1 Å². The molecule has 2 N–H and O–H groups in total. The van der Waals surface area contributed by atoms with E-state index in [1.165, 1.54) is 0 Å². The van der Waals surface area contributed by atoms with Crippen LogP contribution in [-0.2, 0) is 9.59 Å². The Bertz CT molecular complexity index is 442. The first-order chi connectivity index (χ1) is 9.51. The number of carboxylic acid groups (broad SMARTS) is 1. The number of hydrogen-bond donors (Lipinski definition) is 2. The van der Waals surface area contributed by atoms with Gasteiger partial charge in [-0.1, -0.05) is 13.8 Å². The molecule has 0 saturated heterocycles. The van der Waals surface area contributed by atoms with Gasteiger partial charge in [-0.15, -0.1) is 0 Å². The standard InChI is InChI=1S/C15H21NO4/c1-3-8-20-13-6-4-12(5-7-13)16-14(17)9-11(2)10-15(18)19/h4-7,11H,3,8-10H2,1-2H3,(H,16,17)(H,18,19)/t11-/m0/s1. The molecule has 110 valence electrons. The monoisotopic (exact) mass is 279 g/mol. The summed E-state index contributed by atoms with van der Waals surface area (Å²) in [5.74, 6) is -0.479. The maximum atomic E-state index is 11.7. The van der Waals surface area contributed by atoms with Gasteiger partial charge in [0.25, 0.3) is 0 Å². The van der Waals surface area contributed by atoms with Crippen molar-refractivity contribution in [3.8, 4) is 5.75 Å². The van der Waals surface area contributed by atoms with Crippen LogP contribution in [0.3, 0.4) is 0 Å². The lowest BCUT2D eigenvalue weighted by Crippen LogP contribution is -2.16. The number of nitrogens with one attached hydrogen (secondary N) is 1.